The molecule has 1 aliphatic rings. The van der Waals surface area contributed by atoms with Gasteiger partial charge in [0.25, 0.3) is 0 Å². The normalized spacial score (nSPS) is 20.9. The average molecular weight is 257 g/mol. The Balaban J connectivity index is 1.83. The highest BCUT2D eigenvalue weighted by atomic mass is 15.1. The first-order chi connectivity index (χ1) is 9.12. The van der Waals surface area contributed by atoms with Crippen LogP contribution in [0.5, 0.6) is 0 Å². The van der Waals surface area contributed by atoms with Crippen molar-refractivity contribution < 1.29 is 0 Å². The maximum atomic E-state index is 4.78. The molecule has 3 heteroatoms. The van der Waals surface area contributed by atoms with Crippen molar-refractivity contribution in [3.8, 4) is 0 Å². The Labute approximate surface area is 115 Å². The first kappa shape index (κ1) is 12.7. The summed E-state index contributed by atoms with van der Waals surface area (Å²) < 4.78 is 2.36. The van der Waals surface area contributed by atoms with E-state index in [2.05, 4.69) is 54.9 Å². The van der Waals surface area contributed by atoms with Gasteiger partial charge in [-0.15, -0.1) is 0 Å². The van der Waals surface area contributed by atoms with E-state index in [-0.39, 0.29) is 0 Å². The number of aryl methyl sites for hydroxylation is 1. The minimum absolute atomic E-state index is 0.474. The zero-order valence-corrected chi connectivity index (χ0v) is 12.1. The molecule has 0 bridgehead atoms. The van der Waals surface area contributed by atoms with Gasteiger partial charge in [0.05, 0.1) is 17.6 Å². The van der Waals surface area contributed by atoms with Crippen molar-refractivity contribution in [2.75, 3.05) is 0 Å². The first-order valence-corrected chi connectivity index (χ1v) is 7.29. The summed E-state index contributed by atoms with van der Waals surface area (Å²) in [6.45, 7) is 8.78. The molecule has 1 aromatic heterocycles. The van der Waals surface area contributed by atoms with Gasteiger partial charge in [-0.3, -0.25) is 0 Å². The lowest BCUT2D eigenvalue weighted by atomic mass is 10.2. The molecule has 1 unspecified atom stereocenters. The van der Waals surface area contributed by atoms with E-state index < -0.39 is 0 Å². The van der Waals surface area contributed by atoms with E-state index in [4.69, 9.17) is 4.98 Å². The summed E-state index contributed by atoms with van der Waals surface area (Å²) in [7, 11) is 0. The van der Waals surface area contributed by atoms with Gasteiger partial charge < -0.3 is 9.88 Å². The van der Waals surface area contributed by atoms with Gasteiger partial charge in [0.1, 0.15) is 5.82 Å². The Morgan fingerprint density at radius 1 is 1.37 bits per heavy atom. The van der Waals surface area contributed by atoms with Crippen LogP contribution in [0.4, 0.5) is 0 Å². The SMILES string of the molecule is CCCn1c(CNC2CC2(C)C)nc2ccccc21. The minimum Gasteiger partial charge on any atom is -0.327 e. The second-order valence-electron chi connectivity index (χ2n) is 6.29. The average Bonchev–Trinajstić information content (AvgIpc) is 2.85. The van der Waals surface area contributed by atoms with E-state index >= 15 is 0 Å². The van der Waals surface area contributed by atoms with Crippen LogP contribution in [0.3, 0.4) is 0 Å². The molecule has 1 N–H and O–H groups in total. The minimum atomic E-state index is 0.474. The quantitative estimate of drug-likeness (QED) is 0.890. The summed E-state index contributed by atoms with van der Waals surface area (Å²) in [6.07, 6.45) is 2.42. The number of para-hydroxylation sites is 2. The van der Waals surface area contributed by atoms with Crippen LogP contribution in [0.2, 0.25) is 0 Å². The van der Waals surface area contributed by atoms with Gasteiger partial charge in [-0.25, -0.2) is 4.98 Å². The van der Waals surface area contributed by atoms with Crippen LogP contribution in [0.1, 0.15) is 39.4 Å². The molecule has 1 aromatic carbocycles. The van der Waals surface area contributed by atoms with Crippen LogP contribution >= 0.6 is 0 Å². The van der Waals surface area contributed by atoms with Gasteiger partial charge >= 0.3 is 0 Å². The highest BCUT2D eigenvalue weighted by Crippen LogP contribution is 2.44. The van der Waals surface area contributed by atoms with Gasteiger partial charge in [-0.1, -0.05) is 32.9 Å². The van der Waals surface area contributed by atoms with Gasteiger partial charge in [-0.05, 0) is 30.4 Å². The zero-order chi connectivity index (χ0) is 13.5. The van der Waals surface area contributed by atoms with E-state index in [1.807, 2.05) is 0 Å². The lowest BCUT2D eigenvalue weighted by molar-refractivity contribution is 0.522. The van der Waals surface area contributed by atoms with Crippen molar-refractivity contribution in [1.29, 1.82) is 0 Å². The topological polar surface area (TPSA) is 29.9 Å². The summed E-state index contributed by atoms with van der Waals surface area (Å²) in [5.41, 5.74) is 2.85. The van der Waals surface area contributed by atoms with E-state index in [0.717, 1.165) is 25.0 Å². The summed E-state index contributed by atoms with van der Waals surface area (Å²) >= 11 is 0. The number of imidazole rings is 1. The molecule has 0 spiro atoms. The molecular formula is C16H23N3. The molecule has 1 atom stereocenters. The molecule has 1 heterocycles. The standard InChI is InChI=1S/C16H23N3/c1-4-9-19-13-8-6-5-7-12(13)18-15(19)11-17-14-10-16(14,2)3/h5-8,14,17H,4,9-11H2,1-3H3. The molecule has 19 heavy (non-hydrogen) atoms. The smallest absolute Gasteiger partial charge is 0.123 e. The monoisotopic (exact) mass is 257 g/mol. The molecule has 3 rings (SSSR count). The number of hydrogen-bond acceptors (Lipinski definition) is 2. The van der Waals surface area contributed by atoms with E-state index in [9.17, 15) is 0 Å². The third-order valence-corrected chi connectivity index (χ3v) is 4.20. The van der Waals surface area contributed by atoms with E-state index in [1.165, 1.54) is 17.8 Å². The van der Waals surface area contributed by atoms with Crippen molar-refractivity contribution in [1.82, 2.24) is 14.9 Å². The lowest BCUT2D eigenvalue weighted by Crippen LogP contribution is -2.22. The number of nitrogens with zero attached hydrogens (tertiary/aromatic N) is 2. The lowest BCUT2D eigenvalue weighted by Gasteiger charge is -2.09. The Bertz CT molecular complexity index is 583. The molecular weight excluding hydrogens is 234 g/mol. The first-order valence-electron chi connectivity index (χ1n) is 7.29. The van der Waals surface area contributed by atoms with E-state index in [0.29, 0.717) is 11.5 Å². The van der Waals surface area contributed by atoms with Crippen molar-refractivity contribution in [2.24, 2.45) is 5.41 Å². The maximum Gasteiger partial charge on any atom is 0.123 e. The number of benzene rings is 1. The Morgan fingerprint density at radius 3 is 2.79 bits per heavy atom. The summed E-state index contributed by atoms with van der Waals surface area (Å²) in [6, 6.07) is 9.08. The Kier molecular flexibility index (Phi) is 3.09. The highest BCUT2D eigenvalue weighted by molar-refractivity contribution is 5.75. The molecule has 0 amide bonds. The summed E-state index contributed by atoms with van der Waals surface area (Å²) in [4.78, 5) is 4.78. The number of aromatic nitrogens is 2. The predicted octanol–water partition coefficient (Wildman–Crippen LogP) is 3.33. The van der Waals surface area contributed by atoms with Crippen LogP contribution in [-0.2, 0) is 13.1 Å². The van der Waals surface area contributed by atoms with Crippen LogP contribution < -0.4 is 5.32 Å². The fourth-order valence-electron chi connectivity index (χ4n) is 2.76. The van der Waals surface area contributed by atoms with Crippen molar-refractivity contribution in [3.05, 3.63) is 30.1 Å². The number of nitrogens with one attached hydrogen (secondary N) is 1. The molecule has 102 valence electrons. The second kappa shape index (κ2) is 4.64. The molecule has 2 aromatic rings. The van der Waals surface area contributed by atoms with Crippen LogP contribution in [-0.4, -0.2) is 15.6 Å². The highest BCUT2D eigenvalue weighted by Gasteiger charge is 2.45. The zero-order valence-electron chi connectivity index (χ0n) is 12.1. The molecule has 1 aliphatic carbocycles. The molecule has 1 saturated carbocycles. The third-order valence-electron chi connectivity index (χ3n) is 4.20. The van der Waals surface area contributed by atoms with Crippen molar-refractivity contribution in [3.63, 3.8) is 0 Å². The number of hydrogen-bond donors (Lipinski definition) is 1. The van der Waals surface area contributed by atoms with Crippen molar-refractivity contribution in [2.45, 2.75) is 52.7 Å². The third kappa shape index (κ3) is 2.39. The Hall–Kier alpha value is -1.35. The molecule has 0 saturated heterocycles. The second-order valence-corrected chi connectivity index (χ2v) is 6.29. The summed E-state index contributed by atoms with van der Waals surface area (Å²) in [5, 5.41) is 3.64. The van der Waals surface area contributed by atoms with Crippen LogP contribution in [0, 0.1) is 5.41 Å². The fraction of sp³-hybridized carbons (Fsp3) is 0.562. The number of rotatable bonds is 5. The Morgan fingerprint density at radius 2 is 2.11 bits per heavy atom. The van der Waals surface area contributed by atoms with Gasteiger partial charge in [0.2, 0.25) is 0 Å². The molecule has 0 aliphatic heterocycles. The largest absolute Gasteiger partial charge is 0.327 e. The maximum absolute atomic E-state index is 4.78. The number of fused-ring (bicyclic) bond motifs is 1. The molecule has 1 fully saturated rings. The molecule has 3 nitrogen and oxygen atoms in total. The van der Waals surface area contributed by atoms with E-state index in [1.54, 1.807) is 0 Å². The summed E-state index contributed by atoms with van der Waals surface area (Å²) in [5.74, 6) is 1.17. The van der Waals surface area contributed by atoms with Crippen LogP contribution in [0.25, 0.3) is 11.0 Å². The van der Waals surface area contributed by atoms with Gasteiger partial charge in [0.15, 0.2) is 0 Å². The van der Waals surface area contributed by atoms with Crippen molar-refractivity contribution >= 4 is 11.0 Å². The predicted molar refractivity (Wildman–Crippen MR) is 79.0 cm³/mol. The molecule has 0 radical (unpaired) electrons. The van der Waals surface area contributed by atoms with Gasteiger partial charge in [0, 0.05) is 12.6 Å². The van der Waals surface area contributed by atoms with Crippen LogP contribution in [0.15, 0.2) is 24.3 Å². The fourth-order valence-corrected chi connectivity index (χ4v) is 2.76. The van der Waals surface area contributed by atoms with Gasteiger partial charge in [-0.2, -0.15) is 0 Å².